The summed E-state index contributed by atoms with van der Waals surface area (Å²) in [5, 5.41) is 3.22. The van der Waals surface area contributed by atoms with Gasteiger partial charge in [0.15, 0.2) is 0 Å². The van der Waals surface area contributed by atoms with E-state index in [1.165, 1.54) is 0 Å². The maximum absolute atomic E-state index is 5.80. The molecule has 0 unspecified atom stereocenters. The molecule has 5 heteroatoms. The second-order valence-electron chi connectivity index (χ2n) is 4.18. The molecule has 0 aromatic heterocycles. The minimum atomic E-state index is -0.162. The Labute approximate surface area is 92.5 Å². The highest BCUT2D eigenvalue weighted by atomic mass is 16.5. The van der Waals surface area contributed by atoms with Gasteiger partial charge in [-0.1, -0.05) is 0 Å². The molecule has 5 N–H and O–H groups in total. The molecular formula is C10H25N3O2. The van der Waals surface area contributed by atoms with E-state index in [9.17, 15) is 0 Å². The van der Waals surface area contributed by atoms with Crippen LogP contribution in [0.1, 0.15) is 13.8 Å². The minimum Gasteiger partial charge on any atom is -0.378 e. The summed E-state index contributed by atoms with van der Waals surface area (Å²) in [4.78, 5) is 0. The molecule has 0 fully saturated rings. The first kappa shape index (κ1) is 14.8. The van der Waals surface area contributed by atoms with Crippen molar-refractivity contribution in [3.63, 3.8) is 0 Å². The average Bonchev–Trinajstić information content (AvgIpc) is 2.14. The van der Waals surface area contributed by atoms with Crippen LogP contribution in [0.15, 0.2) is 0 Å². The van der Waals surface area contributed by atoms with Gasteiger partial charge >= 0.3 is 0 Å². The van der Waals surface area contributed by atoms with Crippen molar-refractivity contribution < 1.29 is 9.47 Å². The van der Waals surface area contributed by atoms with Crippen molar-refractivity contribution in [2.75, 3.05) is 46.1 Å². The summed E-state index contributed by atoms with van der Waals surface area (Å²) in [7, 11) is 0. The molecule has 0 saturated carbocycles. The maximum Gasteiger partial charge on any atom is 0.0701 e. The van der Waals surface area contributed by atoms with Crippen molar-refractivity contribution in [1.82, 2.24) is 5.32 Å². The van der Waals surface area contributed by atoms with Gasteiger partial charge in [-0.15, -0.1) is 0 Å². The summed E-state index contributed by atoms with van der Waals surface area (Å²) in [5.74, 6) is 0. The fourth-order valence-electron chi connectivity index (χ4n) is 0.960. The number of ether oxygens (including phenoxy) is 2. The highest BCUT2D eigenvalue weighted by molar-refractivity contribution is 4.74. The van der Waals surface area contributed by atoms with Crippen LogP contribution in [0.2, 0.25) is 0 Å². The number of hydrogen-bond acceptors (Lipinski definition) is 5. The van der Waals surface area contributed by atoms with Gasteiger partial charge in [0.2, 0.25) is 0 Å². The third kappa shape index (κ3) is 13.8. The van der Waals surface area contributed by atoms with Crippen LogP contribution in [-0.4, -0.2) is 51.6 Å². The molecule has 0 atom stereocenters. The molecule has 0 spiro atoms. The van der Waals surface area contributed by atoms with E-state index in [0.29, 0.717) is 33.0 Å². The quantitative estimate of drug-likeness (QED) is 0.423. The van der Waals surface area contributed by atoms with Crippen LogP contribution in [-0.2, 0) is 9.47 Å². The summed E-state index contributed by atoms with van der Waals surface area (Å²) in [6.45, 7) is 8.66. The second kappa shape index (κ2) is 9.06. The highest BCUT2D eigenvalue weighted by Crippen LogP contribution is 1.91. The van der Waals surface area contributed by atoms with E-state index in [-0.39, 0.29) is 5.54 Å². The fourth-order valence-corrected chi connectivity index (χ4v) is 0.960. The molecule has 0 rings (SSSR count). The Bertz CT molecular complexity index is 137. The van der Waals surface area contributed by atoms with Crippen LogP contribution in [0.5, 0.6) is 0 Å². The van der Waals surface area contributed by atoms with Crippen LogP contribution < -0.4 is 16.8 Å². The van der Waals surface area contributed by atoms with E-state index in [1.807, 2.05) is 13.8 Å². The second-order valence-corrected chi connectivity index (χ2v) is 4.18. The molecule has 0 aliphatic carbocycles. The van der Waals surface area contributed by atoms with Gasteiger partial charge in [0.25, 0.3) is 0 Å². The molecule has 0 aliphatic rings. The predicted molar refractivity (Wildman–Crippen MR) is 61.8 cm³/mol. The number of nitrogens with one attached hydrogen (secondary N) is 1. The van der Waals surface area contributed by atoms with Gasteiger partial charge in [0, 0.05) is 25.2 Å². The summed E-state index contributed by atoms with van der Waals surface area (Å²) in [6.07, 6.45) is 0. The monoisotopic (exact) mass is 219 g/mol. The van der Waals surface area contributed by atoms with Gasteiger partial charge in [-0.05, 0) is 13.8 Å². The minimum absolute atomic E-state index is 0.162. The van der Waals surface area contributed by atoms with Gasteiger partial charge in [-0.25, -0.2) is 0 Å². The highest BCUT2D eigenvalue weighted by Gasteiger charge is 2.08. The van der Waals surface area contributed by atoms with Crippen molar-refractivity contribution in [2.45, 2.75) is 19.4 Å². The molecule has 0 aliphatic heterocycles. The van der Waals surface area contributed by atoms with Crippen molar-refractivity contribution in [3.05, 3.63) is 0 Å². The SMILES string of the molecule is CC(C)(N)CNCCOCCOCCN. The number of nitrogens with two attached hydrogens (primary N) is 2. The van der Waals surface area contributed by atoms with Crippen LogP contribution in [0.4, 0.5) is 0 Å². The van der Waals surface area contributed by atoms with Gasteiger partial charge < -0.3 is 26.3 Å². The summed E-state index contributed by atoms with van der Waals surface area (Å²) >= 11 is 0. The van der Waals surface area contributed by atoms with E-state index in [2.05, 4.69) is 5.32 Å². The fraction of sp³-hybridized carbons (Fsp3) is 1.00. The van der Waals surface area contributed by atoms with Gasteiger partial charge in [-0.3, -0.25) is 0 Å². The molecule has 0 radical (unpaired) electrons. The summed E-state index contributed by atoms with van der Waals surface area (Å²) in [5.41, 5.74) is 10.9. The van der Waals surface area contributed by atoms with Crippen LogP contribution >= 0.6 is 0 Å². The third-order valence-electron chi connectivity index (χ3n) is 1.64. The van der Waals surface area contributed by atoms with Gasteiger partial charge in [0.1, 0.15) is 0 Å². The van der Waals surface area contributed by atoms with E-state index in [1.54, 1.807) is 0 Å². The first-order valence-corrected chi connectivity index (χ1v) is 5.41. The molecule has 0 bridgehead atoms. The standard InChI is InChI=1S/C10H25N3O2/c1-10(2,12)9-13-4-6-15-8-7-14-5-3-11/h13H,3-9,11-12H2,1-2H3. The molecule has 92 valence electrons. The Balaban J connectivity index is 2.99. The van der Waals surface area contributed by atoms with Crippen molar-refractivity contribution in [3.8, 4) is 0 Å². The van der Waals surface area contributed by atoms with E-state index < -0.39 is 0 Å². The lowest BCUT2D eigenvalue weighted by Gasteiger charge is -2.18. The lowest BCUT2D eigenvalue weighted by atomic mass is 10.1. The number of hydrogen-bond donors (Lipinski definition) is 3. The molecule has 5 nitrogen and oxygen atoms in total. The van der Waals surface area contributed by atoms with E-state index in [0.717, 1.165) is 13.1 Å². The largest absolute Gasteiger partial charge is 0.378 e. The summed E-state index contributed by atoms with van der Waals surface area (Å²) < 4.78 is 10.5. The average molecular weight is 219 g/mol. The van der Waals surface area contributed by atoms with Gasteiger partial charge in [-0.2, -0.15) is 0 Å². The smallest absolute Gasteiger partial charge is 0.0701 e. The maximum atomic E-state index is 5.80. The zero-order chi connectivity index (χ0) is 11.6. The zero-order valence-electron chi connectivity index (χ0n) is 9.92. The Morgan fingerprint density at radius 1 is 1.07 bits per heavy atom. The van der Waals surface area contributed by atoms with Crippen LogP contribution in [0.25, 0.3) is 0 Å². The predicted octanol–water partition coefficient (Wildman–Crippen LogP) is -0.695. The Morgan fingerprint density at radius 3 is 2.20 bits per heavy atom. The Morgan fingerprint density at radius 2 is 1.67 bits per heavy atom. The molecular weight excluding hydrogens is 194 g/mol. The van der Waals surface area contributed by atoms with Crippen molar-refractivity contribution in [1.29, 1.82) is 0 Å². The normalized spacial score (nSPS) is 12.0. The summed E-state index contributed by atoms with van der Waals surface area (Å²) in [6, 6.07) is 0. The molecule has 0 heterocycles. The third-order valence-corrected chi connectivity index (χ3v) is 1.64. The zero-order valence-corrected chi connectivity index (χ0v) is 9.92. The Hall–Kier alpha value is -0.200. The molecule has 0 aromatic carbocycles. The molecule has 0 amide bonds. The first-order chi connectivity index (χ1) is 7.06. The van der Waals surface area contributed by atoms with Gasteiger partial charge in [0.05, 0.1) is 26.4 Å². The lowest BCUT2D eigenvalue weighted by molar-refractivity contribution is 0.0516. The lowest BCUT2D eigenvalue weighted by Crippen LogP contribution is -2.43. The van der Waals surface area contributed by atoms with Crippen molar-refractivity contribution >= 4 is 0 Å². The Kier molecular flexibility index (Phi) is 8.94. The molecule has 15 heavy (non-hydrogen) atoms. The van der Waals surface area contributed by atoms with Crippen LogP contribution in [0.3, 0.4) is 0 Å². The molecule has 0 aromatic rings. The van der Waals surface area contributed by atoms with Crippen LogP contribution in [0, 0.1) is 0 Å². The van der Waals surface area contributed by atoms with E-state index >= 15 is 0 Å². The topological polar surface area (TPSA) is 82.5 Å². The van der Waals surface area contributed by atoms with E-state index in [4.69, 9.17) is 20.9 Å². The number of rotatable bonds is 10. The first-order valence-electron chi connectivity index (χ1n) is 5.41. The molecule has 0 saturated heterocycles. The van der Waals surface area contributed by atoms with Crippen molar-refractivity contribution in [2.24, 2.45) is 11.5 Å².